The average molecular weight is 278 g/mol. The Morgan fingerprint density at radius 2 is 1.95 bits per heavy atom. The van der Waals surface area contributed by atoms with Gasteiger partial charge >= 0.3 is 5.97 Å². The van der Waals surface area contributed by atoms with Crippen molar-refractivity contribution < 1.29 is 9.53 Å². The molecule has 0 fully saturated rings. The highest BCUT2D eigenvalue weighted by molar-refractivity contribution is 5.96. The summed E-state index contributed by atoms with van der Waals surface area (Å²) in [6.45, 7) is 8.45. The molecule has 112 valence electrons. The van der Waals surface area contributed by atoms with Crippen molar-refractivity contribution in [3.8, 4) is 0 Å². The standard InChI is InChI=1S/C16H26N2O2/c1-5-12(6-2)11-18(7-3)13-8-9-15(17)14(10-13)16(19)20-4/h8-10,12H,5-7,11,17H2,1-4H3. The maximum absolute atomic E-state index is 11.7. The van der Waals surface area contributed by atoms with Crippen molar-refractivity contribution in [2.24, 2.45) is 5.92 Å². The Hall–Kier alpha value is -1.71. The number of methoxy groups -OCH3 is 1. The number of nitrogen functional groups attached to an aromatic ring is 1. The second-order valence-electron chi connectivity index (χ2n) is 4.98. The van der Waals surface area contributed by atoms with Crippen LogP contribution in [0.2, 0.25) is 0 Å². The fourth-order valence-electron chi connectivity index (χ4n) is 2.30. The number of esters is 1. The lowest BCUT2D eigenvalue weighted by molar-refractivity contribution is 0.0602. The summed E-state index contributed by atoms with van der Waals surface area (Å²) in [6, 6.07) is 5.57. The molecule has 4 heteroatoms. The molecule has 0 saturated carbocycles. The van der Waals surface area contributed by atoms with E-state index >= 15 is 0 Å². The monoisotopic (exact) mass is 278 g/mol. The fourth-order valence-corrected chi connectivity index (χ4v) is 2.30. The van der Waals surface area contributed by atoms with Gasteiger partial charge in [0.2, 0.25) is 0 Å². The third-order valence-electron chi connectivity index (χ3n) is 3.82. The van der Waals surface area contributed by atoms with Crippen molar-refractivity contribution in [3.05, 3.63) is 23.8 Å². The summed E-state index contributed by atoms with van der Waals surface area (Å²) in [5.41, 5.74) is 7.76. The van der Waals surface area contributed by atoms with Gasteiger partial charge in [0.1, 0.15) is 0 Å². The van der Waals surface area contributed by atoms with Gasteiger partial charge in [-0.25, -0.2) is 4.79 Å². The van der Waals surface area contributed by atoms with E-state index in [-0.39, 0.29) is 5.97 Å². The molecule has 2 N–H and O–H groups in total. The molecule has 0 aliphatic heterocycles. The lowest BCUT2D eigenvalue weighted by Crippen LogP contribution is -2.29. The van der Waals surface area contributed by atoms with E-state index < -0.39 is 0 Å². The molecule has 1 aromatic rings. The number of anilines is 2. The number of hydrogen-bond acceptors (Lipinski definition) is 4. The molecule has 0 unspecified atom stereocenters. The predicted octanol–water partition coefficient (Wildman–Crippen LogP) is 3.32. The Balaban J connectivity index is 3.01. The molecular weight excluding hydrogens is 252 g/mol. The highest BCUT2D eigenvalue weighted by Crippen LogP contribution is 2.24. The number of nitrogens with two attached hydrogens (primary N) is 1. The molecule has 0 saturated heterocycles. The average Bonchev–Trinajstić information content (AvgIpc) is 2.48. The van der Waals surface area contributed by atoms with E-state index in [0.717, 1.165) is 31.6 Å². The van der Waals surface area contributed by atoms with Gasteiger partial charge in [-0.15, -0.1) is 0 Å². The summed E-state index contributed by atoms with van der Waals surface area (Å²) >= 11 is 0. The largest absolute Gasteiger partial charge is 0.465 e. The van der Waals surface area contributed by atoms with E-state index in [1.54, 1.807) is 6.07 Å². The van der Waals surface area contributed by atoms with Gasteiger partial charge in [-0.1, -0.05) is 26.7 Å². The van der Waals surface area contributed by atoms with Gasteiger partial charge in [-0.3, -0.25) is 0 Å². The Morgan fingerprint density at radius 1 is 1.30 bits per heavy atom. The number of benzene rings is 1. The molecule has 0 amide bonds. The summed E-state index contributed by atoms with van der Waals surface area (Å²) in [6.07, 6.45) is 2.32. The van der Waals surface area contributed by atoms with Gasteiger partial charge in [0.05, 0.1) is 12.7 Å². The van der Waals surface area contributed by atoms with Crippen LogP contribution in [0.5, 0.6) is 0 Å². The van der Waals surface area contributed by atoms with E-state index in [1.165, 1.54) is 7.11 Å². The van der Waals surface area contributed by atoms with Crippen LogP contribution in [0, 0.1) is 5.92 Å². The maximum Gasteiger partial charge on any atom is 0.340 e. The number of carbonyl (C=O) groups excluding carboxylic acids is 1. The predicted molar refractivity (Wildman–Crippen MR) is 84.2 cm³/mol. The third-order valence-corrected chi connectivity index (χ3v) is 3.82. The van der Waals surface area contributed by atoms with E-state index in [1.807, 2.05) is 12.1 Å². The summed E-state index contributed by atoms with van der Waals surface area (Å²) in [5, 5.41) is 0. The summed E-state index contributed by atoms with van der Waals surface area (Å²) in [5.74, 6) is 0.275. The Bertz CT molecular complexity index is 442. The van der Waals surface area contributed by atoms with Crippen LogP contribution in [0.3, 0.4) is 0 Å². The van der Waals surface area contributed by atoms with Crippen LogP contribution in [0.1, 0.15) is 44.0 Å². The van der Waals surface area contributed by atoms with Gasteiger partial charge in [0, 0.05) is 24.5 Å². The van der Waals surface area contributed by atoms with Crippen molar-refractivity contribution >= 4 is 17.3 Å². The van der Waals surface area contributed by atoms with E-state index in [0.29, 0.717) is 17.2 Å². The quantitative estimate of drug-likeness (QED) is 0.614. The van der Waals surface area contributed by atoms with Gasteiger partial charge in [-0.2, -0.15) is 0 Å². The second-order valence-corrected chi connectivity index (χ2v) is 4.98. The lowest BCUT2D eigenvalue weighted by atomic mass is 10.0. The first kappa shape index (κ1) is 16.3. The minimum absolute atomic E-state index is 0.386. The van der Waals surface area contributed by atoms with Crippen molar-refractivity contribution in [1.82, 2.24) is 0 Å². The number of hydrogen-bond donors (Lipinski definition) is 1. The van der Waals surface area contributed by atoms with Crippen LogP contribution in [-0.2, 0) is 4.74 Å². The molecule has 0 aromatic heterocycles. The molecule has 0 atom stereocenters. The van der Waals surface area contributed by atoms with Crippen molar-refractivity contribution in [3.63, 3.8) is 0 Å². The van der Waals surface area contributed by atoms with Crippen molar-refractivity contribution in [2.75, 3.05) is 30.8 Å². The Morgan fingerprint density at radius 3 is 2.45 bits per heavy atom. The van der Waals surface area contributed by atoms with E-state index in [4.69, 9.17) is 10.5 Å². The number of nitrogens with zero attached hydrogens (tertiary/aromatic N) is 1. The first-order chi connectivity index (χ1) is 9.57. The molecule has 0 heterocycles. The molecule has 20 heavy (non-hydrogen) atoms. The van der Waals surface area contributed by atoms with Gasteiger partial charge < -0.3 is 15.4 Å². The van der Waals surface area contributed by atoms with Crippen LogP contribution in [0.4, 0.5) is 11.4 Å². The summed E-state index contributed by atoms with van der Waals surface area (Å²) < 4.78 is 4.77. The molecule has 1 aromatic carbocycles. The lowest BCUT2D eigenvalue weighted by Gasteiger charge is -2.28. The van der Waals surface area contributed by atoms with Gasteiger partial charge in [0.15, 0.2) is 0 Å². The fraction of sp³-hybridized carbons (Fsp3) is 0.562. The van der Waals surface area contributed by atoms with Gasteiger partial charge in [-0.05, 0) is 31.0 Å². The first-order valence-electron chi connectivity index (χ1n) is 7.30. The van der Waals surface area contributed by atoms with E-state index in [9.17, 15) is 4.79 Å². The van der Waals surface area contributed by atoms with Crippen molar-refractivity contribution in [1.29, 1.82) is 0 Å². The zero-order valence-corrected chi connectivity index (χ0v) is 13.0. The number of rotatable bonds is 7. The molecular formula is C16H26N2O2. The SMILES string of the molecule is CCC(CC)CN(CC)c1ccc(N)c(C(=O)OC)c1. The van der Waals surface area contributed by atoms with E-state index in [2.05, 4.69) is 25.7 Å². The number of ether oxygens (including phenoxy) is 1. The molecule has 0 aliphatic carbocycles. The Kier molecular flexibility index (Phi) is 6.36. The maximum atomic E-state index is 11.7. The minimum Gasteiger partial charge on any atom is -0.465 e. The van der Waals surface area contributed by atoms with Crippen LogP contribution >= 0.6 is 0 Å². The molecule has 0 radical (unpaired) electrons. The topological polar surface area (TPSA) is 55.6 Å². The highest BCUT2D eigenvalue weighted by atomic mass is 16.5. The number of carbonyl (C=O) groups is 1. The zero-order chi connectivity index (χ0) is 15.1. The molecule has 0 spiro atoms. The molecule has 1 rings (SSSR count). The smallest absolute Gasteiger partial charge is 0.340 e. The molecule has 0 aliphatic rings. The first-order valence-corrected chi connectivity index (χ1v) is 7.30. The van der Waals surface area contributed by atoms with Crippen LogP contribution in [0.15, 0.2) is 18.2 Å². The third kappa shape index (κ3) is 3.89. The molecule has 0 bridgehead atoms. The van der Waals surface area contributed by atoms with Crippen LogP contribution in [0.25, 0.3) is 0 Å². The summed E-state index contributed by atoms with van der Waals surface area (Å²) in [4.78, 5) is 14.0. The second kappa shape index (κ2) is 7.78. The van der Waals surface area contributed by atoms with Crippen molar-refractivity contribution in [2.45, 2.75) is 33.6 Å². The summed E-state index contributed by atoms with van der Waals surface area (Å²) in [7, 11) is 1.37. The molecule has 4 nitrogen and oxygen atoms in total. The van der Waals surface area contributed by atoms with Crippen LogP contribution in [-0.4, -0.2) is 26.2 Å². The normalized spacial score (nSPS) is 10.7. The van der Waals surface area contributed by atoms with Crippen LogP contribution < -0.4 is 10.6 Å². The highest BCUT2D eigenvalue weighted by Gasteiger charge is 2.15. The minimum atomic E-state index is -0.386. The zero-order valence-electron chi connectivity index (χ0n) is 13.0. The van der Waals surface area contributed by atoms with Gasteiger partial charge in [0.25, 0.3) is 0 Å². The Labute approximate surface area is 121 Å².